The summed E-state index contributed by atoms with van der Waals surface area (Å²) >= 11 is 6.00. The van der Waals surface area contributed by atoms with Gasteiger partial charge in [-0.25, -0.2) is 0 Å². The smallest absolute Gasteiger partial charge is 0.270 e. The monoisotopic (exact) mass is 331 g/mol. The minimum absolute atomic E-state index is 0.167. The highest BCUT2D eigenvalue weighted by atomic mass is 35.5. The molecule has 2 heterocycles. The molecular weight excluding hydrogens is 318 g/mol. The summed E-state index contributed by atoms with van der Waals surface area (Å²) in [6.07, 6.45) is -1.51. The van der Waals surface area contributed by atoms with E-state index >= 15 is 0 Å². The van der Waals surface area contributed by atoms with Gasteiger partial charge >= 0.3 is 0 Å². The Morgan fingerprint density at radius 3 is 2.65 bits per heavy atom. The Bertz CT molecular complexity index is 777. The molecule has 0 unspecified atom stereocenters. The molecule has 2 aliphatic heterocycles. The molecule has 3 atom stereocenters. The number of amides is 1. The van der Waals surface area contributed by atoms with Gasteiger partial charge < -0.3 is 14.6 Å². The largest absolute Gasteiger partial charge is 0.497 e. The summed E-state index contributed by atoms with van der Waals surface area (Å²) in [4.78, 5) is 14.0. The zero-order valence-corrected chi connectivity index (χ0v) is 13.0. The molecule has 1 fully saturated rings. The summed E-state index contributed by atoms with van der Waals surface area (Å²) in [6, 6.07) is 11.7. The number of benzene rings is 2. The molecule has 1 N–H and O–H groups in total. The standard InChI is InChI=1S/C17H14ClNO4/c1-22-11-5-3-10(4-6-11)19-14-15(20)12-8-9(18)2-7-13(12)23-16(14)17(19)21/h2-8,14-16,20H,1H3/t14-,15+,16+/m0/s1. The Hall–Kier alpha value is -2.24. The van der Waals surface area contributed by atoms with Crippen molar-refractivity contribution in [2.75, 3.05) is 12.0 Å². The van der Waals surface area contributed by atoms with Gasteiger partial charge in [0.2, 0.25) is 6.10 Å². The maximum atomic E-state index is 12.4. The number of ether oxygens (including phenoxy) is 2. The van der Waals surface area contributed by atoms with Gasteiger partial charge in [0.05, 0.1) is 7.11 Å². The molecule has 0 aromatic heterocycles. The van der Waals surface area contributed by atoms with Crippen LogP contribution in [0.15, 0.2) is 42.5 Å². The summed E-state index contributed by atoms with van der Waals surface area (Å²) < 4.78 is 10.9. The van der Waals surface area contributed by atoms with Crippen molar-refractivity contribution in [2.24, 2.45) is 0 Å². The van der Waals surface area contributed by atoms with E-state index in [1.54, 1.807) is 54.5 Å². The van der Waals surface area contributed by atoms with Crippen molar-refractivity contribution < 1.29 is 19.4 Å². The Labute approximate surface area is 138 Å². The maximum absolute atomic E-state index is 12.4. The lowest BCUT2D eigenvalue weighted by Crippen LogP contribution is -2.70. The maximum Gasteiger partial charge on any atom is 0.270 e. The number of β-lactam (4-membered cyclic amide) rings is 1. The predicted octanol–water partition coefficient (Wildman–Crippen LogP) is 2.56. The van der Waals surface area contributed by atoms with E-state index in [0.29, 0.717) is 27.8 Å². The molecule has 2 aromatic carbocycles. The molecule has 0 aliphatic carbocycles. The van der Waals surface area contributed by atoms with Gasteiger partial charge in [0, 0.05) is 16.3 Å². The molecule has 0 saturated carbocycles. The van der Waals surface area contributed by atoms with Gasteiger partial charge in [-0.3, -0.25) is 9.69 Å². The molecule has 4 rings (SSSR count). The van der Waals surface area contributed by atoms with E-state index in [4.69, 9.17) is 21.1 Å². The van der Waals surface area contributed by atoms with Crippen molar-refractivity contribution in [1.82, 2.24) is 0 Å². The fourth-order valence-corrected chi connectivity index (χ4v) is 3.31. The molecule has 6 heteroatoms. The van der Waals surface area contributed by atoms with Gasteiger partial charge in [-0.1, -0.05) is 11.6 Å². The van der Waals surface area contributed by atoms with Gasteiger partial charge in [0.15, 0.2) is 0 Å². The number of carbonyl (C=O) groups excluding carboxylic acids is 1. The average molecular weight is 332 g/mol. The third kappa shape index (κ3) is 2.08. The second-order valence-corrected chi connectivity index (χ2v) is 6.00. The van der Waals surface area contributed by atoms with Crippen molar-refractivity contribution >= 4 is 23.2 Å². The number of hydrogen-bond donors (Lipinski definition) is 1. The van der Waals surface area contributed by atoms with Crippen LogP contribution in [0.4, 0.5) is 5.69 Å². The average Bonchev–Trinajstić information content (AvgIpc) is 2.57. The van der Waals surface area contributed by atoms with Crippen LogP contribution in [-0.4, -0.2) is 30.3 Å². The number of anilines is 1. The first-order valence-corrected chi connectivity index (χ1v) is 7.59. The van der Waals surface area contributed by atoms with E-state index in [2.05, 4.69) is 0 Å². The van der Waals surface area contributed by atoms with Crippen LogP contribution in [0.2, 0.25) is 5.02 Å². The van der Waals surface area contributed by atoms with E-state index in [9.17, 15) is 9.90 Å². The molecule has 1 amide bonds. The van der Waals surface area contributed by atoms with E-state index in [-0.39, 0.29) is 5.91 Å². The zero-order chi connectivity index (χ0) is 16.1. The third-order valence-electron chi connectivity index (χ3n) is 4.31. The number of methoxy groups -OCH3 is 1. The van der Waals surface area contributed by atoms with Crippen molar-refractivity contribution in [2.45, 2.75) is 18.2 Å². The summed E-state index contributed by atoms with van der Waals surface area (Å²) in [6.45, 7) is 0. The molecular formula is C17H14ClNO4. The van der Waals surface area contributed by atoms with Gasteiger partial charge in [0.1, 0.15) is 23.6 Å². The first-order valence-electron chi connectivity index (χ1n) is 7.21. The summed E-state index contributed by atoms with van der Waals surface area (Å²) in [5.74, 6) is 1.04. The lowest BCUT2D eigenvalue weighted by Gasteiger charge is -2.51. The van der Waals surface area contributed by atoms with Crippen LogP contribution in [0.1, 0.15) is 11.7 Å². The van der Waals surface area contributed by atoms with Gasteiger partial charge in [-0.05, 0) is 42.5 Å². The highest BCUT2D eigenvalue weighted by molar-refractivity contribution is 6.30. The number of aliphatic hydroxyl groups is 1. The molecule has 2 aliphatic rings. The van der Waals surface area contributed by atoms with Gasteiger partial charge in [-0.15, -0.1) is 0 Å². The molecule has 5 nitrogen and oxygen atoms in total. The lowest BCUT2D eigenvalue weighted by atomic mass is 9.85. The Balaban J connectivity index is 1.69. The number of nitrogens with zero attached hydrogens (tertiary/aromatic N) is 1. The van der Waals surface area contributed by atoms with Crippen LogP contribution in [0.3, 0.4) is 0 Å². The number of fused-ring (bicyclic) bond motifs is 2. The summed E-state index contributed by atoms with van der Waals surface area (Å²) in [5, 5.41) is 11.2. The van der Waals surface area contributed by atoms with Crippen molar-refractivity contribution in [3.8, 4) is 11.5 Å². The zero-order valence-electron chi connectivity index (χ0n) is 12.3. The van der Waals surface area contributed by atoms with Crippen LogP contribution in [0.25, 0.3) is 0 Å². The topological polar surface area (TPSA) is 59.0 Å². The highest BCUT2D eigenvalue weighted by Crippen LogP contribution is 2.45. The van der Waals surface area contributed by atoms with Crippen LogP contribution in [-0.2, 0) is 4.79 Å². The van der Waals surface area contributed by atoms with Gasteiger partial charge in [0.25, 0.3) is 5.91 Å². The number of rotatable bonds is 2. The fourth-order valence-electron chi connectivity index (χ4n) is 3.13. The molecule has 1 saturated heterocycles. The first kappa shape index (κ1) is 14.4. The van der Waals surface area contributed by atoms with E-state index in [1.165, 1.54) is 0 Å². The number of aliphatic hydroxyl groups excluding tert-OH is 1. The molecule has 0 radical (unpaired) electrons. The van der Waals surface area contributed by atoms with E-state index in [1.807, 2.05) is 0 Å². The van der Waals surface area contributed by atoms with Crippen molar-refractivity contribution in [3.63, 3.8) is 0 Å². The Morgan fingerprint density at radius 2 is 1.96 bits per heavy atom. The van der Waals surface area contributed by atoms with Crippen LogP contribution < -0.4 is 14.4 Å². The Kier molecular flexibility index (Phi) is 3.21. The second kappa shape index (κ2) is 5.15. The molecule has 23 heavy (non-hydrogen) atoms. The van der Waals surface area contributed by atoms with E-state index in [0.717, 1.165) is 0 Å². The third-order valence-corrected chi connectivity index (χ3v) is 4.54. The van der Waals surface area contributed by atoms with Gasteiger partial charge in [-0.2, -0.15) is 0 Å². The van der Waals surface area contributed by atoms with E-state index < -0.39 is 18.2 Å². The lowest BCUT2D eigenvalue weighted by molar-refractivity contribution is -0.141. The number of hydrogen-bond acceptors (Lipinski definition) is 4. The second-order valence-electron chi connectivity index (χ2n) is 5.56. The minimum atomic E-state index is -0.845. The van der Waals surface area contributed by atoms with Crippen molar-refractivity contribution in [1.29, 1.82) is 0 Å². The van der Waals surface area contributed by atoms with Crippen molar-refractivity contribution in [3.05, 3.63) is 53.1 Å². The predicted molar refractivity (Wildman–Crippen MR) is 85.1 cm³/mol. The quantitative estimate of drug-likeness (QED) is 0.859. The SMILES string of the molecule is COc1ccc(N2C(=O)[C@@H]3Oc4ccc(Cl)cc4[C@@H](O)[C@@H]32)cc1. The molecule has 0 spiro atoms. The first-order chi connectivity index (χ1) is 11.1. The Morgan fingerprint density at radius 1 is 1.22 bits per heavy atom. The van der Waals surface area contributed by atoms with Crippen LogP contribution >= 0.6 is 11.6 Å². The highest BCUT2D eigenvalue weighted by Gasteiger charge is 2.56. The number of carbonyl (C=O) groups is 1. The molecule has 118 valence electrons. The minimum Gasteiger partial charge on any atom is -0.497 e. The molecule has 0 bridgehead atoms. The normalized spacial score (nSPS) is 25.1. The summed E-state index contributed by atoms with van der Waals surface area (Å²) in [5.41, 5.74) is 1.30. The number of halogens is 1. The summed E-state index contributed by atoms with van der Waals surface area (Å²) in [7, 11) is 1.58. The fraction of sp³-hybridized carbons (Fsp3) is 0.235. The van der Waals surface area contributed by atoms with Crippen LogP contribution in [0.5, 0.6) is 11.5 Å². The van der Waals surface area contributed by atoms with Crippen LogP contribution in [0, 0.1) is 0 Å². The molecule has 2 aromatic rings.